The molecule has 0 aliphatic heterocycles. The molecule has 0 radical (unpaired) electrons. The van der Waals surface area contributed by atoms with Gasteiger partial charge in [-0.15, -0.1) is 0 Å². The predicted octanol–water partition coefficient (Wildman–Crippen LogP) is 3.19. The zero-order valence-corrected chi connectivity index (χ0v) is 12.5. The molecule has 21 heavy (non-hydrogen) atoms. The molecule has 0 N–H and O–H groups in total. The molecule has 0 amide bonds. The van der Waals surface area contributed by atoms with Crippen LogP contribution in [0.1, 0.15) is 43.9 Å². The smallest absolute Gasteiger partial charge is 0.291 e. The summed E-state index contributed by atoms with van der Waals surface area (Å²) in [5.74, 6) is 1.21. The molecule has 0 saturated heterocycles. The summed E-state index contributed by atoms with van der Waals surface area (Å²) >= 11 is 0. The van der Waals surface area contributed by atoms with Crippen molar-refractivity contribution >= 4 is 11.5 Å². The minimum atomic E-state index is -0.486. The third kappa shape index (κ3) is 3.30. The molecular weight excluding hydrogens is 268 g/mol. The lowest BCUT2D eigenvalue weighted by atomic mass is 10.1. The molecule has 0 bridgehead atoms. The number of hydrogen-bond acceptors (Lipinski definition) is 5. The quantitative estimate of drug-likeness (QED) is 0.613. The summed E-state index contributed by atoms with van der Waals surface area (Å²) < 4.78 is 0. The molecule has 112 valence electrons. The highest BCUT2D eigenvalue weighted by Crippen LogP contribution is 2.30. The Balaban J connectivity index is 2.33. The van der Waals surface area contributed by atoms with Crippen molar-refractivity contribution in [3.8, 4) is 6.07 Å². The lowest BCUT2D eigenvalue weighted by Crippen LogP contribution is -2.30. The van der Waals surface area contributed by atoms with Crippen molar-refractivity contribution in [1.82, 2.24) is 4.98 Å². The van der Waals surface area contributed by atoms with Crippen molar-refractivity contribution in [2.75, 3.05) is 18.0 Å². The highest BCUT2D eigenvalue weighted by molar-refractivity contribution is 5.59. The normalized spacial score (nSPS) is 14.9. The summed E-state index contributed by atoms with van der Waals surface area (Å²) in [5, 5.41) is 20.2. The minimum absolute atomic E-state index is 0.0905. The highest BCUT2D eigenvalue weighted by atomic mass is 16.6. The van der Waals surface area contributed by atoms with E-state index < -0.39 is 4.92 Å². The molecule has 1 aliphatic rings. The van der Waals surface area contributed by atoms with Crippen LogP contribution in [0.25, 0.3) is 0 Å². The van der Waals surface area contributed by atoms with Crippen molar-refractivity contribution in [1.29, 1.82) is 5.26 Å². The largest absolute Gasteiger partial charge is 0.356 e. The van der Waals surface area contributed by atoms with Crippen LogP contribution in [0.15, 0.2) is 6.07 Å². The Morgan fingerprint density at radius 2 is 2.19 bits per heavy atom. The molecule has 0 atom stereocenters. The fraction of sp³-hybridized carbons (Fsp3) is 0.600. The van der Waals surface area contributed by atoms with E-state index in [4.69, 9.17) is 0 Å². The molecule has 1 fully saturated rings. The molecule has 0 aromatic carbocycles. The second kappa shape index (κ2) is 6.53. The molecule has 2 rings (SSSR count). The van der Waals surface area contributed by atoms with Gasteiger partial charge in [0.2, 0.25) is 0 Å². The number of nitrogens with zero attached hydrogens (tertiary/aromatic N) is 4. The average Bonchev–Trinajstić information content (AvgIpc) is 2.97. The van der Waals surface area contributed by atoms with Crippen LogP contribution in [-0.2, 0) is 0 Å². The summed E-state index contributed by atoms with van der Waals surface area (Å²) in [7, 11) is 0. The minimum Gasteiger partial charge on any atom is -0.356 e. The predicted molar refractivity (Wildman–Crippen MR) is 80.2 cm³/mol. The zero-order valence-electron chi connectivity index (χ0n) is 12.5. The van der Waals surface area contributed by atoms with Crippen molar-refractivity contribution < 1.29 is 4.92 Å². The fourth-order valence-corrected chi connectivity index (χ4v) is 2.96. The van der Waals surface area contributed by atoms with Gasteiger partial charge in [-0.05, 0) is 32.6 Å². The van der Waals surface area contributed by atoms with E-state index in [2.05, 4.69) is 9.88 Å². The first-order valence-corrected chi connectivity index (χ1v) is 7.37. The SMILES string of the molecule is CCN(CC1CCCC1)c1nc(C)c([N+](=O)[O-])cc1C#N. The van der Waals surface area contributed by atoms with Gasteiger partial charge in [-0.1, -0.05) is 12.8 Å². The van der Waals surface area contributed by atoms with Gasteiger partial charge in [0.05, 0.1) is 4.92 Å². The summed E-state index contributed by atoms with van der Waals surface area (Å²) in [6.07, 6.45) is 4.95. The lowest BCUT2D eigenvalue weighted by Gasteiger charge is -2.26. The standard InChI is InChI=1S/C15H20N4O2/c1-3-18(10-12-6-4-5-7-12)15-13(9-16)8-14(19(20)21)11(2)17-15/h8,12H,3-7,10H2,1-2H3. The Kier molecular flexibility index (Phi) is 4.73. The first-order valence-electron chi connectivity index (χ1n) is 7.37. The molecule has 1 saturated carbocycles. The van der Waals surface area contributed by atoms with Crippen molar-refractivity contribution in [2.45, 2.75) is 39.5 Å². The van der Waals surface area contributed by atoms with Gasteiger partial charge < -0.3 is 4.90 Å². The number of aryl methyl sites for hydroxylation is 1. The monoisotopic (exact) mass is 288 g/mol. The van der Waals surface area contributed by atoms with Crippen LogP contribution in [0.5, 0.6) is 0 Å². The van der Waals surface area contributed by atoms with Crippen LogP contribution in [0.3, 0.4) is 0 Å². The van der Waals surface area contributed by atoms with E-state index in [0.717, 1.165) is 13.1 Å². The van der Waals surface area contributed by atoms with Gasteiger partial charge in [0.1, 0.15) is 23.1 Å². The van der Waals surface area contributed by atoms with Crippen molar-refractivity contribution in [3.05, 3.63) is 27.4 Å². The number of nitro groups is 1. The van der Waals surface area contributed by atoms with E-state index in [1.807, 2.05) is 13.0 Å². The van der Waals surface area contributed by atoms with Crippen LogP contribution < -0.4 is 4.90 Å². The third-order valence-electron chi connectivity index (χ3n) is 4.12. The van der Waals surface area contributed by atoms with Crippen LogP contribution >= 0.6 is 0 Å². The summed E-state index contributed by atoms with van der Waals surface area (Å²) in [4.78, 5) is 16.9. The van der Waals surface area contributed by atoms with E-state index in [9.17, 15) is 15.4 Å². The molecule has 0 spiro atoms. The van der Waals surface area contributed by atoms with Crippen LogP contribution in [0.2, 0.25) is 0 Å². The number of hydrogen-bond donors (Lipinski definition) is 0. The summed E-state index contributed by atoms with van der Waals surface area (Å²) in [5.41, 5.74) is 0.554. The van der Waals surface area contributed by atoms with Crippen LogP contribution in [-0.4, -0.2) is 23.0 Å². The topological polar surface area (TPSA) is 83.1 Å². The first-order chi connectivity index (χ1) is 10.1. The first kappa shape index (κ1) is 15.2. The molecule has 6 nitrogen and oxygen atoms in total. The maximum atomic E-state index is 11.0. The molecular formula is C15H20N4O2. The average molecular weight is 288 g/mol. The van der Waals surface area contributed by atoms with Gasteiger partial charge in [-0.3, -0.25) is 10.1 Å². The number of nitriles is 1. The lowest BCUT2D eigenvalue weighted by molar-refractivity contribution is -0.385. The maximum Gasteiger partial charge on any atom is 0.291 e. The fourth-order valence-electron chi connectivity index (χ4n) is 2.96. The van der Waals surface area contributed by atoms with E-state index in [-0.39, 0.29) is 11.3 Å². The number of rotatable bonds is 5. The Morgan fingerprint density at radius 3 is 2.71 bits per heavy atom. The summed E-state index contributed by atoms with van der Waals surface area (Å²) in [6.45, 7) is 5.26. The van der Waals surface area contributed by atoms with Gasteiger partial charge in [0.15, 0.2) is 0 Å². The number of pyridine rings is 1. The van der Waals surface area contributed by atoms with Crippen molar-refractivity contribution in [3.63, 3.8) is 0 Å². The zero-order chi connectivity index (χ0) is 15.4. The number of aromatic nitrogens is 1. The Labute approximate surface area is 124 Å². The molecule has 6 heteroatoms. The second-order valence-electron chi connectivity index (χ2n) is 5.52. The molecule has 1 aliphatic carbocycles. The second-order valence-corrected chi connectivity index (χ2v) is 5.52. The van der Waals surface area contributed by atoms with E-state index in [1.54, 1.807) is 6.92 Å². The maximum absolute atomic E-state index is 11.0. The molecule has 1 heterocycles. The van der Waals surface area contributed by atoms with Crippen molar-refractivity contribution in [2.24, 2.45) is 5.92 Å². The Morgan fingerprint density at radius 1 is 1.52 bits per heavy atom. The highest BCUT2D eigenvalue weighted by Gasteiger charge is 2.23. The van der Waals surface area contributed by atoms with Gasteiger partial charge in [0, 0.05) is 19.2 Å². The van der Waals surface area contributed by atoms with Crippen LogP contribution in [0, 0.1) is 34.3 Å². The molecule has 0 unspecified atom stereocenters. The summed E-state index contributed by atoms with van der Waals surface area (Å²) in [6, 6.07) is 3.39. The molecule has 1 aromatic rings. The van der Waals surface area contributed by atoms with Gasteiger partial charge in [-0.2, -0.15) is 5.26 Å². The molecule has 1 aromatic heterocycles. The van der Waals surface area contributed by atoms with E-state index in [1.165, 1.54) is 31.7 Å². The van der Waals surface area contributed by atoms with Gasteiger partial charge >= 0.3 is 0 Å². The van der Waals surface area contributed by atoms with Gasteiger partial charge in [-0.25, -0.2) is 4.98 Å². The van der Waals surface area contributed by atoms with Gasteiger partial charge in [0.25, 0.3) is 5.69 Å². The Hall–Kier alpha value is -2.16. The van der Waals surface area contributed by atoms with E-state index >= 15 is 0 Å². The Bertz CT molecular complexity index is 574. The van der Waals surface area contributed by atoms with E-state index in [0.29, 0.717) is 17.4 Å². The number of anilines is 1. The van der Waals surface area contributed by atoms with Crippen LogP contribution in [0.4, 0.5) is 11.5 Å². The third-order valence-corrected chi connectivity index (χ3v) is 4.12.